The molecular formula is C18H16N4OS2. The van der Waals surface area contributed by atoms with Gasteiger partial charge < -0.3 is 4.98 Å². The Labute approximate surface area is 152 Å². The minimum atomic E-state index is -0.0758. The van der Waals surface area contributed by atoms with Gasteiger partial charge in [0, 0.05) is 18.1 Å². The van der Waals surface area contributed by atoms with Crippen molar-refractivity contribution in [2.45, 2.75) is 24.8 Å². The van der Waals surface area contributed by atoms with E-state index in [2.05, 4.69) is 51.6 Å². The first kappa shape index (κ1) is 16.1. The first-order valence-electron chi connectivity index (χ1n) is 7.82. The van der Waals surface area contributed by atoms with Gasteiger partial charge in [-0.2, -0.15) is 0 Å². The van der Waals surface area contributed by atoms with Gasteiger partial charge in [0.2, 0.25) is 0 Å². The smallest absolute Gasteiger partial charge is 0.268 e. The summed E-state index contributed by atoms with van der Waals surface area (Å²) in [5, 5.41) is 2.76. The molecule has 3 heterocycles. The summed E-state index contributed by atoms with van der Waals surface area (Å²) in [6.45, 7) is 4.21. The van der Waals surface area contributed by atoms with Gasteiger partial charge in [-0.25, -0.2) is 9.97 Å². The van der Waals surface area contributed by atoms with E-state index < -0.39 is 0 Å². The predicted octanol–water partition coefficient (Wildman–Crippen LogP) is 4.08. The van der Waals surface area contributed by atoms with Crippen molar-refractivity contribution in [3.05, 3.63) is 69.3 Å². The fourth-order valence-corrected chi connectivity index (χ4v) is 4.16. The van der Waals surface area contributed by atoms with Gasteiger partial charge in [-0.05, 0) is 48.6 Å². The maximum atomic E-state index is 12.1. The third-order valence-corrected chi connectivity index (χ3v) is 5.96. The molecule has 0 aliphatic heterocycles. The lowest BCUT2D eigenvalue weighted by Gasteiger charge is -2.09. The molecule has 4 rings (SSSR count). The average molecular weight is 368 g/mol. The highest BCUT2D eigenvalue weighted by atomic mass is 32.2. The number of H-pyrrole nitrogens is 1. The number of hydrogen-bond acceptors (Lipinski definition) is 5. The first-order chi connectivity index (χ1) is 12.1. The molecule has 0 spiro atoms. The summed E-state index contributed by atoms with van der Waals surface area (Å²) in [5.74, 6) is 1.22. The molecule has 4 aromatic rings. The van der Waals surface area contributed by atoms with E-state index in [1.165, 1.54) is 22.5 Å². The van der Waals surface area contributed by atoms with Crippen molar-refractivity contribution in [3.8, 4) is 5.69 Å². The number of nitrogens with one attached hydrogen (secondary N) is 1. The van der Waals surface area contributed by atoms with E-state index in [4.69, 9.17) is 0 Å². The summed E-state index contributed by atoms with van der Waals surface area (Å²) in [7, 11) is 0. The number of benzene rings is 1. The second-order valence-electron chi connectivity index (χ2n) is 5.78. The van der Waals surface area contributed by atoms with Crippen LogP contribution in [0.3, 0.4) is 0 Å². The number of aromatic amines is 1. The molecule has 7 heteroatoms. The Hall–Kier alpha value is -2.38. The zero-order chi connectivity index (χ0) is 17.4. The van der Waals surface area contributed by atoms with E-state index in [1.807, 2.05) is 17.6 Å². The quantitative estimate of drug-likeness (QED) is 0.551. The van der Waals surface area contributed by atoms with E-state index >= 15 is 0 Å². The normalized spacial score (nSPS) is 11.3. The van der Waals surface area contributed by atoms with Crippen LogP contribution in [0.1, 0.15) is 17.0 Å². The number of thiophene rings is 1. The summed E-state index contributed by atoms with van der Waals surface area (Å²) >= 11 is 2.97. The summed E-state index contributed by atoms with van der Waals surface area (Å²) < 4.78 is 2.73. The van der Waals surface area contributed by atoms with E-state index in [0.717, 1.165) is 16.4 Å². The van der Waals surface area contributed by atoms with Crippen LogP contribution >= 0.6 is 23.1 Å². The number of fused-ring (bicyclic) bond motifs is 1. The summed E-state index contributed by atoms with van der Waals surface area (Å²) in [5.41, 5.74) is 4.27. The number of aryl methyl sites for hydroxylation is 2. The van der Waals surface area contributed by atoms with Crippen LogP contribution in [0.15, 0.2) is 52.0 Å². The van der Waals surface area contributed by atoms with Crippen LogP contribution in [0, 0.1) is 13.8 Å². The third kappa shape index (κ3) is 3.12. The molecule has 0 amide bonds. The molecule has 0 unspecified atom stereocenters. The Kier molecular flexibility index (Phi) is 4.19. The van der Waals surface area contributed by atoms with Crippen molar-refractivity contribution in [3.63, 3.8) is 0 Å². The highest BCUT2D eigenvalue weighted by Gasteiger charge is 2.10. The minimum Gasteiger partial charge on any atom is -0.309 e. The van der Waals surface area contributed by atoms with Crippen molar-refractivity contribution in [2.75, 3.05) is 0 Å². The molecular weight excluding hydrogens is 352 g/mol. The lowest BCUT2D eigenvalue weighted by Crippen LogP contribution is -2.09. The number of rotatable bonds is 4. The first-order valence-corrected chi connectivity index (χ1v) is 9.68. The van der Waals surface area contributed by atoms with Crippen LogP contribution in [-0.4, -0.2) is 19.5 Å². The van der Waals surface area contributed by atoms with Gasteiger partial charge in [-0.15, -0.1) is 11.3 Å². The standard InChI is InChI=1S/C18H16N4OS2/c1-11-3-4-13(9-12(11)2)22-7-6-19-18(22)25-10-15-20-14-5-8-24-16(14)17(23)21-15/h3-9H,10H2,1-2H3,(H,20,21,23). The third-order valence-electron chi connectivity index (χ3n) is 4.08. The summed E-state index contributed by atoms with van der Waals surface area (Å²) in [6, 6.07) is 8.23. The molecule has 1 aromatic carbocycles. The Bertz CT molecular complexity index is 1110. The number of nitrogens with zero attached hydrogens (tertiary/aromatic N) is 3. The van der Waals surface area contributed by atoms with Crippen LogP contribution in [-0.2, 0) is 5.75 Å². The zero-order valence-electron chi connectivity index (χ0n) is 13.8. The van der Waals surface area contributed by atoms with Gasteiger partial charge in [-0.3, -0.25) is 9.36 Å². The molecule has 0 bridgehead atoms. The van der Waals surface area contributed by atoms with Crippen molar-refractivity contribution in [1.82, 2.24) is 19.5 Å². The second kappa shape index (κ2) is 6.50. The van der Waals surface area contributed by atoms with Crippen LogP contribution in [0.25, 0.3) is 15.9 Å². The van der Waals surface area contributed by atoms with Crippen LogP contribution in [0.2, 0.25) is 0 Å². The Morgan fingerprint density at radius 1 is 1.24 bits per heavy atom. The summed E-state index contributed by atoms with van der Waals surface area (Å²) in [4.78, 5) is 23.9. The lowest BCUT2D eigenvalue weighted by molar-refractivity contribution is 0.890. The molecule has 0 radical (unpaired) electrons. The highest BCUT2D eigenvalue weighted by molar-refractivity contribution is 7.98. The Balaban J connectivity index is 1.60. The minimum absolute atomic E-state index is 0.0758. The number of aromatic nitrogens is 4. The molecule has 0 aliphatic carbocycles. The van der Waals surface area contributed by atoms with Gasteiger partial charge in [-0.1, -0.05) is 17.8 Å². The second-order valence-corrected chi connectivity index (χ2v) is 7.64. The lowest BCUT2D eigenvalue weighted by atomic mass is 10.1. The number of thioether (sulfide) groups is 1. The van der Waals surface area contributed by atoms with Crippen LogP contribution in [0.5, 0.6) is 0 Å². The Morgan fingerprint density at radius 2 is 2.12 bits per heavy atom. The van der Waals surface area contributed by atoms with Gasteiger partial charge >= 0.3 is 0 Å². The van der Waals surface area contributed by atoms with Gasteiger partial charge in [0.1, 0.15) is 10.5 Å². The number of imidazole rings is 1. The molecule has 25 heavy (non-hydrogen) atoms. The molecule has 0 aliphatic rings. The molecule has 5 nitrogen and oxygen atoms in total. The van der Waals surface area contributed by atoms with E-state index in [-0.39, 0.29) is 5.56 Å². The van der Waals surface area contributed by atoms with Gasteiger partial charge in [0.15, 0.2) is 5.16 Å². The van der Waals surface area contributed by atoms with Crippen molar-refractivity contribution in [2.24, 2.45) is 0 Å². The molecule has 1 N–H and O–H groups in total. The maximum Gasteiger partial charge on any atom is 0.268 e. The molecule has 0 saturated heterocycles. The van der Waals surface area contributed by atoms with Gasteiger partial charge in [0.05, 0.1) is 11.3 Å². The SMILES string of the molecule is Cc1ccc(-n2ccnc2SCc2nc3ccsc3c(=O)[nH]2)cc1C. The summed E-state index contributed by atoms with van der Waals surface area (Å²) in [6.07, 6.45) is 3.74. The van der Waals surface area contributed by atoms with Crippen molar-refractivity contribution < 1.29 is 0 Å². The maximum absolute atomic E-state index is 12.1. The Morgan fingerprint density at radius 3 is 2.96 bits per heavy atom. The molecule has 0 saturated carbocycles. The van der Waals surface area contributed by atoms with E-state index in [9.17, 15) is 4.79 Å². The fourth-order valence-electron chi connectivity index (χ4n) is 2.59. The zero-order valence-corrected chi connectivity index (χ0v) is 15.4. The predicted molar refractivity (Wildman–Crippen MR) is 103 cm³/mol. The largest absolute Gasteiger partial charge is 0.309 e. The number of hydrogen-bond donors (Lipinski definition) is 1. The van der Waals surface area contributed by atoms with E-state index in [1.54, 1.807) is 18.0 Å². The van der Waals surface area contributed by atoms with Crippen molar-refractivity contribution in [1.29, 1.82) is 0 Å². The topological polar surface area (TPSA) is 63.6 Å². The molecule has 0 atom stereocenters. The molecule has 126 valence electrons. The highest BCUT2D eigenvalue weighted by Crippen LogP contribution is 2.24. The van der Waals surface area contributed by atoms with Gasteiger partial charge in [0.25, 0.3) is 5.56 Å². The fraction of sp³-hybridized carbons (Fsp3) is 0.167. The van der Waals surface area contributed by atoms with Crippen LogP contribution < -0.4 is 5.56 Å². The molecule has 0 fully saturated rings. The van der Waals surface area contributed by atoms with Crippen LogP contribution in [0.4, 0.5) is 0 Å². The van der Waals surface area contributed by atoms with E-state index in [0.29, 0.717) is 16.3 Å². The van der Waals surface area contributed by atoms with Crippen molar-refractivity contribution >= 4 is 33.3 Å². The monoisotopic (exact) mass is 368 g/mol. The molecule has 3 aromatic heterocycles. The average Bonchev–Trinajstić information content (AvgIpc) is 3.24.